The second-order valence-corrected chi connectivity index (χ2v) is 5.78. The van der Waals surface area contributed by atoms with Crippen LogP contribution in [0, 0.1) is 5.82 Å². The van der Waals surface area contributed by atoms with Gasteiger partial charge in [0.2, 0.25) is 5.88 Å². The van der Waals surface area contributed by atoms with Gasteiger partial charge in [0.1, 0.15) is 17.5 Å². The summed E-state index contributed by atoms with van der Waals surface area (Å²) < 4.78 is 23.8. The van der Waals surface area contributed by atoms with Gasteiger partial charge < -0.3 is 14.8 Å². The minimum absolute atomic E-state index is 0.275. The van der Waals surface area contributed by atoms with E-state index in [4.69, 9.17) is 9.47 Å². The molecule has 0 aliphatic heterocycles. The summed E-state index contributed by atoms with van der Waals surface area (Å²) in [7, 11) is 0. The van der Waals surface area contributed by atoms with Gasteiger partial charge in [0, 0.05) is 5.56 Å². The number of carbonyl (C=O) groups is 1. The standard InChI is InChI=1S/C15H23FN2O3/c1-6-11-7-12(16)9-17-13(11)20-10(2)8-18-14(19)21-15(3,4)5/h7,9-10H,6,8H2,1-5H3,(H,18,19)/t10-/m0/s1. The predicted octanol–water partition coefficient (Wildman–Crippen LogP) is 3.08. The summed E-state index contributed by atoms with van der Waals surface area (Å²) in [5.74, 6) is -0.00359. The van der Waals surface area contributed by atoms with E-state index in [1.54, 1.807) is 27.7 Å². The number of aryl methyl sites for hydroxylation is 1. The lowest BCUT2D eigenvalue weighted by Gasteiger charge is -2.21. The number of pyridine rings is 1. The predicted molar refractivity (Wildman–Crippen MR) is 77.9 cm³/mol. The van der Waals surface area contributed by atoms with Crippen LogP contribution in [-0.4, -0.2) is 29.3 Å². The average molecular weight is 298 g/mol. The summed E-state index contributed by atoms with van der Waals surface area (Å²) in [5, 5.41) is 2.62. The first-order valence-corrected chi connectivity index (χ1v) is 6.99. The molecule has 0 radical (unpaired) electrons. The van der Waals surface area contributed by atoms with Crippen molar-refractivity contribution in [2.75, 3.05) is 6.54 Å². The topological polar surface area (TPSA) is 60.5 Å². The number of hydrogen-bond acceptors (Lipinski definition) is 4. The largest absolute Gasteiger partial charge is 0.473 e. The average Bonchev–Trinajstić information content (AvgIpc) is 2.36. The number of halogens is 1. The lowest BCUT2D eigenvalue weighted by atomic mass is 10.2. The van der Waals surface area contributed by atoms with Gasteiger partial charge >= 0.3 is 6.09 Å². The Kier molecular flexibility index (Phi) is 5.93. The Morgan fingerprint density at radius 3 is 2.71 bits per heavy atom. The van der Waals surface area contributed by atoms with Crippen LogP contribution in [0.4, 0.5) is 9.18 Å². The number of nitrogens with one attached hydrogen (secondary N) is 1. The number of rotatable bonds is 5. The molecular weight excluding hydrogens is 275 g/mol. The van der Waals surface area contributed by atoms with Crippen LogP contribution < -0.4 is 10.1 Å². The Labute approximate surface area is 124 Å². The van der Waals surface area contributed by atoms with Crippen molar-refractivity contribution in [3.8, 4) is 5.88 Å². The van der Waals surface area contributed by atoms with Crippen LogP contribution >= 0.6 is 0 Å². The van der Waals surface area contributed by atoms with Crippen molar-refractivity contribution >= 4 is 6.09 Å². The number of ether oxygens (including phenoxy) is 2. The molecule has 5 nitrogen and oxygen atoms in total. The van der Waals surface area contributed by atoms with E-state index >= 15 is 0 Å². The lowest BCUT2D eigenvalue weighted by Crippen LogP contribution is -2.37. The summed E-state index contributed by atoms with van der Waals surface area (Å²) >= 11 is 0. The maximum absolute atomic E-state index is 13.1. The number of alkyl carbamates (subject to hydrolysis) is 1. The van der Waals surface area contributed by atoms with E-state index in [0.29, 0.717) is 17.9 Å². The van der Waals surface area contributed by atoms with E-state index in [1.807, 2.05) is 6.92 Å². The van der Waals surface area contributed by atoms with Gasteiger partial charge in [0.25, 0.3) is 0 Å². The summed E-state index contributed by atoms with van der Waals surface area (Å²) in [6, 6.07) is 1.40. The molecule has 21 heavy (non-hydrogen) atoms. The molecule has 1 N–H and O–H groups in total. The second-order valence-electron chi connectivity index (χ2n) is 5.78. The maximum Gasteiger partial charge on any atom is 0.407 e. The lowest BCUT2D eigenvalue weighted by molar-refractivity contribution is 0.0503. The molecule has 0 spiro atoms. The number of amides is 1. The van der Waals surface area contributed by atoms with Crippen molar-refractivity contribution in [3.05, 3.63) is 23.6 Å². The molecule has 1 amide bonds. The first kappa shape index (κ1) is 17.2. The van der Waals surface area contributed by atoms with Gasteiger partial charge in [-0.1, -0.05) is 6.92 Å². The first-order valence-electron chi connectivity index (χ1n) is 6.99. The number of nitrogens with zero attached hydrogens (tertiary/aromatic N) is 1. The van der Waals surface area contributed by atoms with Gasteiger partial charge in [0.05, 0.1) is 12.7 Å². The van der Waals surface area contributed by atoms with Crippen LogP contribution in [0.2, 0.25) is 0 Å². The molecule has 0 fully saturated rings. The Morgan fingerprint density at radius 1 is 1.48 bits per heavy atom. The molecule has 0 saturated heterocycles. The molecule has 1 aromatic rings. The fourth-order valence-corrected chi connectivity index (χ4v) is 1.60. The Morgan fingerprint density at radius 2 is 2.14 bits per heavy atom. The van der Waals surface area contributed by atoms with Crippen LogP contribution in [0.3, 0.4) is 0 Å². The van der Waals surface area contributed by atoms with E-state index in [1.165, 1.54) is 6.07 Å². The first-order chi connectivity index (χ1) is 9.71. The van der Waals surface area contributed by atoms with Crippen LogP contribution in [-0.2, 0) is 11.2 Å². The fourth-order valence-electron chi connectivity index (χ4n) is 1.60. The summed E-state index contributed by atoms with van der Waals surface area (Å²) in [6.07, 6.45) is 0.927. The van der Waals surface area contributed by atoms with Crippen molar-refractivity contribution in [1.29, 1.82) is 0 Å². The molecule has 0 aliphatic carbocycles. The van der Waals surface area contributed by atoms with Crippen LogP contribution in [0.15, 0.2) is 12.3 Å². The third-order valence-corrected chi connectivity index (χ3v) is 2.52. The van der Waals surface area contributed by atoms with Crippen molar-refractivity contribution in [2.45, 2.75) is 52.7 Å². The van der Waals surface area contributed by atoms with Crippen LogP contribution in [0.5, 0.6) is 5.88 Å². The Balaban J connectivity index is 2.51. The number of hydrogen-bond donors (Lipinski definition) is 1. The Bertz CT molecular complexity index is 486. The number of aromatic nitrogens is 1. The van der Waals surface area contributed by atoms with Crippen molar-refractivity contribution in [1.82, 2.24) is 10.3 Å². The molecule has 0 saturated carbocycles. The van der Waals surface area contributed by atoms with E-state index in [2.05, 4.69) is 10.3 Å². The third kappa shape index (κ3) is 6.42. The van der Waals surface area contributed by atoms with E-state index in [0.717, 1.165) is 6.20 Å². The van der Waals surface area contributed by atoms with E-state index in [-0.39, 0.29) is 12.6 Å². The minimum Gasteiger partial charge on any atom is -0.473 e. The van der Waals surface area contributed by atoms with Gasteiger partial charge in [-0.25, -0.2) is 14.2 Å². The molecule has 118 valence electrons. The Hall–Kier alpha value is -1.85. The normalized spacial score (nSPS) is 12.7. The summed E-state index contributed by atoms with van der Waals surface area (Å²) in [6.45, 7) is 9.35. The quantitative estimate of drug-likeness (QED) is 0.907. The van der Waals surface area contributed by atoms with Gasteiger partial charge in [0.15, 0.2) is 0 Å². The molecule has 1 rings (SSSR count). The van der Waals surface area contributed by atoms with Crippen molar-refractivity contribution in [3.63, 3.8) is 0 Å². The van der Waals surface area contributed by atoms with Crippen molar-refractivity contribution < 1.29 is 18.7 Å². The highest BCUT2D eigenvalue weighted by atomic mass is 19.1. The second kappa shape index (κ2) is 7.24. The SMILES string of the molecule is CCc1cc(F)cnc1O[C@@H](C)CNC(=O)OC(C)(C)C. The molecule has 6 heteroatoms. The van der Waals surface area contributed by atoms with Gasteiger partial charge in [-0.2, -0.15) is 0 Å². The zero-order valence-corrected chi connectivity index (χ0v) is 13.2. The highest BCUT2D eigenvalue weighted by Crippen LogP contribution is 2.18. The molecule has 0 bridgehead atoms. The fraction of sp³-hybridized carbons (Fsp3) is 0.600. The van der Waals surface area contributed by atoms with Gasteiger partial charge in [-0.3, -0.25) is 0 Å². The van der Waals surface area contributed by atoms with Gasteiger partial charge in [-0.15, -0.1) is 0 Å². The monoisotopic (exact) mass is 298 g/mol. The highest BCUT2D eigenvalue weighted by molar-refractivity contribution is 5.67. The molecule has 0 aromatic carbocycles. The number of carbonyl (C=O) groups excluding carboxylic acids is 1. The molecular formula is C15H23FN2O3. The molecule has 1 aromatic heterocycles. The summed E-state index contributed by atoms with van der Waals surface area (Å²) in [4.78, 5) is 15.5. The zero-order valence-electron chi connectivity index (χ0n) is 13.2. The minimum atomic E-state index is -0.540. The highest BCUT2D eigenvalue weighted by Gasteiger charge is 2.17. The molecule has 1 atom stereocenters. The maximum atomic E-state index is 13.1. The zero-order chi connectivity index (χ0) is 16.0. The van der Waals surface area contributed by atoms with Crippen LogP contribution in [0.25, 0.3) is 0 Å². The van der Waals surface area contributed by atoms with Gasteiger partial charge in [-0.05, 0) is 40.2 Å². The van der Waals surface area contributed by atoms with Crippen LogP contribution in [0.1, 0.15) is 40.2 Å². The molecule has 0 unspecified atom stereocenters. The molecule has 0 aliphatic rings. The third-order valence-electron chi connectivity index (χ3n) is 2.52. The van der Waals surface area contributed by atoms with E-state index in [9.17, 15) is 9.18 Å². The molecule has 1 heterocycles. The van der Waals surface area contributed by atoms with E-state index < -0.39 is 17.5 Å². The summed E-state index contributed by atoms with van der Waals surface area (Å²) in [5.41, 5.74) is 0.154. The van der Waals surface area contributed by atoms with Crippen molar-refractivity contribution in [2.24, 2.45) is 0 Å². The smallest absolute Gasteiger partial charge is 0.407 e.